The lowest BCUT2D eigenvalue weighted by atomic mass is 9.80. The number of para-hydroxylation sites is 4. The Hall–Kier alpha value is -7.42. The van der Waals surface area contributed by atoms with Crippen LogP contribution >= 0.6 is 0 Å². The van der Waals surface area contributed by atoms with Crippen molar-refractivity contribution in [3.05, 3.63) is 200 Å². The first-order chi connectivity index (χ1) is 27.8. The predicted octanol–water partition coefficient (Wildman–Crippen LogP) is 15.0. The number of fused-ring (bicyclic) bond motifs is 14. The molecule has 2 nitrogen and oxygen atoms in total. The van der Waals surface area contributed by atoms with Gasteiger partial charge >= 0.3 is 0 Å². The quantitative estimate of drug-likeness (QED) is 0.178. The van der Waals surface area contributed by atoms with Gasteiger partial charge in [-0.25, -0.2) is 0 Å². The number of rotatable bonds is 3. The summed E-state index contributed by atoms with van der Waals surface area (Å²) in [6.07, 6.45) is 0. The molecule has 11 aromatic rings. The van der Waals surface area contributed by atoms with Crippen molar-refractivity contribution in [3.8, 4) is 72.4 Å². The summed E-state index contributed by atoms with van der Waals surface area (Å²) < 4.78 is 9.07. The molecule has 1 aliphatic rings. The third kappa shape index (κ3) is 4.57. The van der Waals surface area contributed by atoms with Gasteiger partial charge in [0.1, 0.15) is 11.2 Å². The van der Waals surface area contributed by atoms with Crippen LogP contribution in [0.5, 0.6) is 0 Å². The van der Waals surface area contributed by atoms with E-state index in [-0.39, 0.29) is 0 Å². The van der Waals surface area contributed by atoms with E-state index in [0.29, 0.717) is 0 Å². The SMILES string of the molecule is c1ccc2c(c1)-c1ccccc1-c1ccc(-c3cc(-c4cccc5c4oc4ccccc45)cc(-n4c5ccccc5c5ccccc54)c3)cc1-c1ccccc1-2. The van der Waals surface area contributed by atoms with Crippen LogP contribution in [0.3, 0.4) is 0 Å². The van der Waals surface area contributed by atoms with E-state index in [2.05, 4.69) is 199 Å². The van der Waals surface area contributed by atoms with Crippen LogP contribution in [0, 0.1) is 0 Å². The van der Waals surface area contributed by atoms with Crippen molar-refractivity contribution in [3.63, 3.8) is 0 Å². The normalized spacial score (nSPS) is 11.9. The molecule has 0 bridgehead atoms. The van der Waals surface area contributed by atoms with Gasteiger partial charge < -0.3 is 8.98 Å². The molecule has 2 heteroatoms. The zero-order chi connectivity index (χ0) is 36.7. The maximum Gasteiger partial charge on any atom is 0.143 e. The Morgan fingerprint density at radius 3 is 1.38 bits per heavy atom. The zero-order valence-corrected chi connectivity index (χ0v) is 30.4. The van der Waals surface area contributed by atoms with Crippen LogP contribution in [0.1, 0.15) is 0 Å². The Bertz CT molecular complexity index is 3320. The average molecular weight is 712 g/mol. The Morgan fingerprint density at radius 2 is 0.750 bits per heavy atom. The molecule has 0 atom stereocenters. The summed E-state index contributed by atoms with van der Waals surface area (Å²) in [5.41, 5.74) is 19.7. The number of benzene rings is 9. The molecule has 0 unspecified atom stereocenters. The van der Waals surface area contributed by atoms with E-state index in [0.717, 1.165) is 49.9 Å². The largest absolute Gasteiger partial charge is 0.455 e. The summed E-state index contributed by atoms with van der Waals surface area (Å²) in [5, 5.41) is 4.74. The van der Waals surface area contributed by atoms with Crippen LogP contribution in [0.2, 0.25) is 0 Å². The van der Waals surface area contributed by atoms with Gasteiger partial charge in [-0.3, -0.25) is 0 Å². The third-order valence-electron chi connectivity index (χ3n) is 11.8. The minimum Gasteiger partial charge on any atom is -0.455 e. The summed E-state index contributed by atoms with van der Waals surface area (Å²) in [7, 11) is 0. The fraction of sp³-hybridized carbons (Fsp3) is 0. The smallest absolute Gasteiger partial charge is 0.143 e. The van der Waals surface area contributed by atoms with Gasteiger partial charge in [-0.1, -0.05) is 158 Å². The molecule has 0 fully saturated rings. The van der Waals surface area contributed by atoms with Crippen molar-refractivity contribution >= 4 is 43.7 Å². The maximum absolute atomic E-state index is 6.65. The minimum atomic E-state index is 0.899. The van der Waals surface area contributed by atoms with Crippen molar-refractivity contribution in [2.75, 3.05) is 0 Å². The van der Waals surface area contributed by atoms with Crippen molar-refractivity contribution in [2.24, 2.45) is 0 Å². The van der Waals surface area contributed by atoms with Gasteiger partial charge in [0.05, 0.1) is 11.0 Å². The van der Waals surface area contributed by atoms with Gasteiger partial charge in [0.2, 0.25) is 0 Å². The summed E-state index contributed by atoms with van der Waals surface area (Å²) in [6, 6.07) is 73.0. The summed E-state index contributed by atoms with van der Waals surface area (Å²) in [5.74, 6) is 0. The van der Waals surface area contributed by atoms with Crippen molar-refractivity contribution in [1.29, 1.82) is 0 Å². The van der Waals surface area contributed by atoms with E-state index in [1.165, 1.54) is 66.3 Å². The first-order valence-corrected chi connectivity index (χ1v) is 19.3. The molecular formula is C54H33NO. The van der Waals surface area contributed by atoms with E-state index in [9.17, 15) is 0 Å². The van der Waals surface area contributed by atoms with E-state index in [1.807, 2.05) is 6.07 Å². The fourth-order valence-electron chi connectivity index (χ4n) is 9.28. The molecule has 9 aromatic carbocycles. The average Bonchev–Trinajstić information content (AvgIpc) is 3.82. The van der Waals surface area contributed by atoms with E-state index < -0.39 is 0 Å². The summed E-state index contributed by atoms with van der Waals surface area (Å²) in [4.78, 5) is 0. The highest BCUT2D eigenvalue weighted by Crippen LogP contribution is 2.49. The van der Waals surface area contributed by atoms with Gasteiger partial charge in [-0.15, -0.1) is 0 Å². The molecule has 0 amide bonds. The zero-order valence-electron chi connectivity index (χ0n) is 30.4. The Labute approximate surface area is 324 Å². The molecule has 1 aliphatic carbocycles. The molecule has 12 rings (SSSR count). The minimum absolute atomic E-state index is 0.899. The van der Waals surface area contributed by atoms with Crippen LogP contribution < -0.4 is 0 Å². The number of hydrogen-bond donors (Lipinski definition) is 0. The second-order valence-corrected chi connectivity index (χ2v) is 14.8. The van der Waals surface area contributed by atoms with Gasteiger partial charge in [0.15, 0.2) is 0 Å². The third-order valence-corrected chi connectivity index (χ3v) is 11.8. The monoisotopic (exact) mass is 711 g/mol. The highest BCUT2D eigenvalue weighted by Gasteiger charge is 2.23. The van der Waals surface area contributed by atoms with E-state index in [1.54, 1.807) is 0 Å². The molecule has 56 heavy (non-hydrogen) atoms. The van der Waals surface area contributed by atoms with Gasteiger partial charge in [0, 0.05) is 32.8 Å². The highest BCUT2D eigenvalue weighted by molar-refractivity contribution is 6.11. The van der Waals surface area contributed by atoms with Crippen LogP contribution in [0.15, 0.2) is 205 Å². The maximum atomic E-state index is 6.65. The van der Waals surface area contributed by atoms with Crippen LogP contribution in [0.25, 0.3) is 116 Å². The number of hydrogen-bond acceptors (Lipinski definition) is 1. The van der Waals surface area contributed by atoms with Crippen molar-refractivity contribution < 1.29 is 4.42 Å². The lowest BCUT2D eigenvalue weighted by Crippen LogP contribution is -1.98. The molecule has 0 N–H and O–H groups in total. The van der Waals surface area contributed by atoms with Crippen LogP contribution in [0.4, 0.5) is 0 Å². The number of aromatic nitrogens is 1. The van der Waals surface area contributed by atoms with Crippen molar-refractivity contribution in [1.82, 2.24) is 4.57 Å². The van der Waals surface area contributed by atoms with E-state index in [4.69, 9.17) is 4.42 Å². The molecule has 0 aliphatic heterocycles. The van der Waals surface area contributed by atoms with Crippen molar-refractivity contribution in [2.45, 2.75) is 0 Å². The van der Waals surface area contributed by atoms with Crippen LogP contribution in [-0.2, 0) is 0 Å². The van der Waals surface area contributed by atoms with E-state index >= 15 is 0 Å². The molecule has 0 spiro atoms. The Kier molecular flexibility index (Phi) is 6.66. The van der Waals surface area contributed by atoms with Gasteiger partial charge in [0.25, 0.3) is 0 Å². The fourth-order valence-corrected chi connectivity index (χ4v) is 9.28. The topological polar surface area (TPSA) is 18.1 Å². The lowest BCUT2D eigenvalue weighted by Gasteiger charge is -2.23. The molecule has 0 radical (unpaired) electrons. The summed E-state index contributed by atoms with van der Waals surface area (Å²) >= 11 is 0. The van der Waals surface area contributed by atoms with Gasteiger partial charge in [-0.05, 0) is 104 Å². The molecule has 260 valence electrons. The molecule has 0 saturated heterocycles. The molecule has 0 saturated carbocycles. The Balaban J connectivity index is 1.15. The van der Waals surface area contributed by atoms with Gasteiger partial charge in [-0.2, -0.15) is 0 Å². The molecular weight excluding hydrogens is 679 g/mol. The Morgan fingerprint density at radius 1 is 0.286 bits per heavy atom. The predicted molar refractivity (Wildman–Crippen MR) is 234 cm³/mol. The molecule has 2 aromatic heterocycles. The molecule has 2 heterocycles. The second kappa shape index (κ2) is 12.0. The summed E-state index contributed by atoms with van der Waals surface area (Å²) in [6.45, 7) is 0. The first-order valence-electron chi connectivity index (χ1n) is 19.3. The standard InChI is InChI=1S/C54H33NO/c1-2-15-40-39(14-1)41-16-3-4-18-43(41)45-29-28-34(33-50(45)44-19-6-5-17-42(40)44)35-30-36(38-23-13-24-49-48-22-9-12-27-53(48)56-54(38)49)32-37(31-35)55-51-25-10-7-20-46(51)47-21-8-11-26-52(47)55/h1-33H. The second-order valence-electron chi connectivity index (χ2n) is 14.8. The van der Waals surface area contributed by atoms with Crippen LogP contribution in [-0.4, -0.2) is 4.57 Å². The highest BCUT2D eigenvalue weighted by atomic mass is 16.3. The lowest BCUT2D eigenvalue weighted by molar-refractivity contribution is 0.670. The first kappa shape index (κ1) is 31.0. The number of nitrogens with zero attached hydrogens (tertiary/aromatic N) is 1. The number of furan rings is 1.